The molecular weight excluding hydrogens is 202 g/mol. The van der Waals surface area contributed by atoms with E-state index in [-0.39, 0.29) is 5.54 Å². The van der Waals surface area contributed by atoms with Crippen molar-refractivity contribution in [3.8, 4) is 0 Å². The van der Waals surface area contributed by atoms with E-state index >= 15 is 0 Å². The topological polar surface area (TPSA) is 49.7 Å². The zero-order valence-corrected chi connectivity index (χ0v) is 9.53. The molecule has 0 atom stereocenters. The van der Waals surface area contributed by atoms with Gasteiger partial charge in [-0.3, -0.25) is 0 Å². The van der Waals surface area contributed by atoms with Gasteiger partial charge in [0.1, 0.15) is 0 Å². The molecule has 84 valence electrons. The lowest BCUT2D eigenvalue weighted by Crippen LogP contribution is -2.15. The van der Waals surface area contributed by atoms with Crippen LogP contribution in [0.5, 0.6) is 0 Å². The molecule has 0 spiro atoms. The van der Waals surface area contributed by atoms with Crippen molar-refractivity contribution in [3.05, 3.63) is 35.4 Å². The summed E-state index contributed by atoms with van der Waals surface area (Å²) >= 11 is 0. The Kier molecular flexibility index (Phi) is 2.45. The van der Waals surface area contributed by atoms with Crippen LogP contribution in [0.1, 0.15) is 37.8 Å². The Morgan fingerprint density at radius 3 is 2.25 bits per heavy atom. The first-order valence-corrected chi connectivity index (χ1v) is 5.40. The first-order chi connectivity index (χ1) is 7.48. The summed E-state index contributed by atoms with van der Waals surface area (Å²) in [5, 5.41) is 9.82. The van der Waals surface area contributed by atoms with E-state index in [1.807, 2.05) is 24.3 Å². The third kappa shape index (κ3) is 1.92. The molecule has 3 heteroatoms. The van der Waals surface area contributed by atoms with Crippen LogP contribution in [0.25, 0.3) is 0 Å². The van der Waals surface area contributed by atoms with Gasteiger partial charge in [0.2, 0.25) is 6.08 Å². The van der Waals surface area contributed by atoms with Gasteiger partial charge < -0.3 is 5.11 Å². The van der Waals surface area contributed by atoms with Crippen molar-refractivity contribution in [3.63, 3.8) is 0 Å². The minimum atomic E-state index is -0.830. The molecule has 2 rings (SSSR count). The third-order valence-electron chi connectivity index (χ3n) is 3.11. The van der Waals surface area contributed by atoms with Crippen LogP contribution in [-0.2, 0) is 15.9 Å². The highest BCUT2D eigenvalue weighted by Gasteiger charge is 2.44. The highest BCUT2D eigenvalue weighted by molar-refractivity contribution is 5.42. The van der Waals surface area contributed by atoms with Gasteiger partial charge in [-0.1, -0.05) is 24.3 Å². The van der Waals surface area contributed by atoms with Crippen molar-refractivity contribution >= 4 is 6.08 Å². The van der Waals surface area contributed by atoms with Gasteiger partial charge in [-0.25, -0.2) is 4.79 Å². The lowest BCUT2D eigenvalue weighted by molar-refractivity contribution is 0.0786. The zero-order chi connectivity index (χ0) is 11.8. The van der Waals surface area contributed by atoms with Gasteiger partial charge in [0.05, 0.1) is 11.1 Å². The van der Waals surface area contributed by atoms with Crippen LogP contribution < -0.4 is 0 Å². The third-order valence-corrected chi connectivity index (χ3v) is 3.11. The molecule has 1 aliphatic rings. The number of isocyanates is 1. The maximum absolute atomic E-state index is 10.3. The minimum absolute atomic E-state index is 0.320. The fraction of sp³-hybridized carbons (Fsp3) is 0.462. The van der Waals surface area contributed by atoms with Crippen LogP contribution in [0.3, 0.4) is 0 Å². The van der Waals surface area contributed by atoms with Crippen LogP contribution in [0.15, 0.2) is 29.3 Å². The number of aliphatic hydroxyl groups is 1. The molecule has 1 aromatic carbocycles. The minimum Gasteiger partial charge on any atom is -0.386 e. The molecule has 3 nitrogen and oxygen atoms in total. The molecule has 1 aromatic rings. The largest absolute Gasteiger partial charge is 0.386 e. The smallest absolute Gasteiger partial charge is 0.235 e. The van der Waals surface area contributed by atoms with E-state index in [4.69, 9.17) is 0 Å². The molecule has 0 aromatic heterocycles. The number of nitrogens with zero attached hydrogens (tertiary/aromatic N) is 1. The van der Waals surface area contributed by atoms with E-state index < -0.39 is 5.60 Å². The molecule has 0 bridgehead atoms. The molecule has 0 heterocycles. The number of rotatable bonds is 3. The van der Waals surface area contributed by atoms with Crippen LogP contribution in [0.2, 0.25) is 0 Å². The molecule has 1 aliphatic carbocycles. The van der Waals surface area contributed by atoms with Gasteiger partial charge in [0.25, 0.3) is 0 Å². The van der Waals surface area contributed by atoms with Crippen LogP contribution in [0, 0.1) is 0 Å². The molecule has 1 saturated carbocycles. The Hall–Kier alpha value is -1.44. The molecule has 0 radical (unpaired) electrons. The van der Waals surface area contributed by atoms with Gasteiger partial charge in [-0.2, -0.15) is 4.99 Å². The fourth-order valence-corrected chi connectivity index (χ4v) is 1.86. The van der Waals surface area contributed by atoms with E-state index in [0.29, 0.717) is 0 Å². The van der Waals surface area contributed by atoms with Crippen molar-refractivity contribution in [2.24, 2.45) is 4.99 Å². The summed E-state index contributed by atoms with van der Waals surface area (Å²) in [6, 6.07) is 7.63. The Morgan fingerprint density at radius 2 is 1.88 bits per heavy atom. The number of carbonyl (C=O) groups excluding carboxylic acids is 1. The lowest BCUT2D eigenvalue weighted by Gasteiger charge is -2.18. The second kappa shape index (κ2) is 3.55. The van der Waals surface area contributed by atoms with Crippen molar-refractivity contribution < 1.29 is 9.90 Å². The molecule has 0 unspecified atom stereocenters. The summed E-state index contributed by atoms with van der Waals surface area (Å²) in [6.07, 6.45) is 3.45. The van der Waals surface area contributed by atoms with E-state index in [2.05, 4.69) is 4.99 Å². The van der Waals surface area contributed by atoms with E-state index in [9.17, 15) is 9.90 Å². The molecule has 16 heavy (non-hydrogen) atoms. The van der Waals surface area contributed by atoms with Crippen LogP contribution >= 0.6 is 0 Å². The molecule has 0 amide bonds. The predicted molar refractivity (Wildman–Crippen MR) is 60.7 cm³/mol. The predicted octanol–water partition coefficient (Wildman–Crippen LogP) is 2.24. The number of benzene rings is 1. The summed E-state index contributed by atoms with van der Waals surface area (Å²) < 4.78 is 0. The first-order valence-electron chi connectivity index (χ1n) is 5.40. The number of aliphatic imine (C=N–C) groups is 1. The van der Waals surface area contributed by atoms with Gasteiger partial charge in [-0.05, 0) is 37.8 Å². The van der Waals surface area contributed by atoms with Crippen LogP contribution in [0.4, 0.5) is 0 Å². The molecular formula is C13H15NO2. The number of hydrogen-bond donors (Lipinski definition) is 1. The second-order valence-electron chi connectivity index (χ2n) is 4.87. The highest BCUT2D eigenvalue weighted by Crippen LogP contribution is 2.49. The standard InChI is InChI=1S/C13H15NO2/c1-12(2,16)10-3-5-11(6-4-10)13(7-8-13)14-9-15/h3-6,16H,7-8H2,1-2H3. The first kappa shape index (κ1) is 11.1. The Bertz CT molecular complexity index is 432. The summed E-state index contributed by atoms with van der Waals surface area (Å²) in [4.78, 5) is 14.2. The maximum Gasteiger partial charge on any atom is 0.235 e. The average molecular weight is 217 g/mol. The Morgan fingerprint density at radius 1 is 1.31 bits per heavy atom. The number of hydrogen-bond acceptors (Lipinski definition) is 3. The van der Waals surface area contributed by atoms with Gasteiger partial charge in [0.15, 0.2) is 0 Å². The van der Waals surface area contributed by atoms with Crippen molar-refractivity contribution in [2.75, 3.05) is 0 Å². The van der Waals surface area contributed by atoms with E-state index in [0.717, 1.165) is 24.0 Å². The average Bonchev–Trinajstić information content (AvgIpc) is 2.99. The molecule has 1 fully saturated rings. The summed E-state index contributed by atoms with van der Waals surface area (Å²) in [7, 11) is 0. The summed E-state index contributed by atoms with van der Waals surface area (Å²) in [6.45, 7) is 3.50. The van der Waals surface area contributed by atoms with E-state index in [1.165, 1.54) is 0 Å². The van der Waals surface area contributed by atoms with Crippen molar-refractivity contribution in [1.82, 2.24) is 0 Å². The quantitative estimate of drug-likeness (QED) is 0.623. The lowest BCUT2D eigenvalue weighted by atomic mass is 9.95. The van der Waals surface area contributed by atoms with Crippen molar-refractivity contribution in [2.45, 2.75) is 37.8 Å². The van der Waals surface area contributed by atoms with Crippen LogP contribution in [-0.4, -0.2) is 11.2 Å². The maximum atomic E-state index is 10.3. The van der Waals surface area contributed by atoms with E-state index in [1.54, 1.807) is 19.9 Å². The molecule has 1 N–H and O–H groups in total. The monoisotopic (exact) mass is 217 g/mol. The molecule has 0 saturated heterocycles. The van der Waals surface area contributed by atoms with Gasteiger partial charge in [0, 0.05) is 0 Å². The highest BCUT2D eigenvalue weighted by atomic mass is 16.3. The Labute approximate surface area is 94.8 Å². The SMILES string of the molecule is CC(C)(O)c1ccc(C2(N=C=O)CC2)cc1. The van der Waals surface area contributed by atoms with Crippen molar-refractivity contribution in [1.29, 1.82) is 0 Å². The van der Waals surface area contributed by atoms with Gasteiger partial charge >= 0.3 is 0 Å². The summed E-state index contributed by atoms with van der Waals surface area (Å²) in [5.41, 5.74) is 0.745. The summed E-state index contributed by atoms with van der Waals surface area (Å²) in [5.74, 6) is 0. The zero-order valence-electron chi connectivity index (χ0n) is 9.53. The normalized spacial score (nSPS) is 17.7. The Balaban J connectivity index is 2.30. The van der Waals surface area contributed by atoms with Gasteiger partial charge in [-0.15, -0.1) is 0 Å². The molecule has 0 aliphatic heterocycles. The second-order valence-corrected chi connectivity index (χ2v) is 4.87. The fourth-order valence-electron chi connectivity index (χ4n) is 1.86.